The highest BCUT2D eigenvalue weighted by atomic mass is 15.2. The number of nitrogens with zero attached hydrogens (tertiary/aromatic N) is 1. The molecule has 1 aliphatic rings. The summed E-state index contributed by atoms with van der Waals surface area (Å²) in [6.07, 6.45) is 15.3. The molecule has 2 heteroatoms. The summed E-state index contributed by atoms with van der Waals surface area (Å²) >= 11 is 0. The molecule has 0 aliphatic carbocycles. The van der Waals surface area contributed by atoms with Crippen LogP contribution in [-0.2, 0) is 0 Å². The predicted octanol–water partition coefficient (Wildman–Crippen LogP) is 3.94. The van der Waals surface area contributed by atoms with Gasteiger partial charge >= 0.3 is 0 Å². The molecule has 0 radical (unpaired) electrons. The lowest BCUT2D eigenvalue weighted by atomic mass is 10.0. The van der Waals surface area contributed by atoms with Crippen LogP contribution in [0.3, 0.4) is 0 Å². The Morgan fingerprint density at radius 2 is 1.50 bits per heavy atom. The lowest BCUT2D eigenvalue weighted by molar-refractivity contribution is 0.171. The summed E-state index contributed by atoms with van der Waals surface area (Å²) in [6.45, 7) is 5.71. The molecule has 0 aromatic rings. The molecule has 0 spiro atoms. The van der Waals surface area contributed by atoms with E-state index in [0.29, 0.717) is 6.04 Å². The highest BCUT2D eigenvalue weighted by molar-refractivity contribution is 4.74. The summed E-state index contributed by atoms with van der Waals surface area (Å²) in [5, 5.41) is 0. The van der Waals surface area contributed by atoms with Crippen LogP contribution in [0.1, 0.15) is 77.6 Å². The van der Waals surface area contributed by atoms with E-state index in [1.165, 1.54) is 83.7 Å². The molecular formula is C16H34N2. The number of likely N-dealkylation sites (tertiary alicyclic amines) is 1. The normalized spacial score (nSPS) is 20.3. The zero-order valence-corrected chi connectivity index (χ0v) is 12.5. The van der Waals surface area contributed by atoms with Gasteiger partial charge in [-0.2, -0.15) is 0 Å². The van der Waals surface area contributed by atoms with E-state index in [-0.39, 0.29) is 0 Å². The molecule has 2 N–H and O–H groups in total. The van der Waals surface area contributed by atoms with Gasteiger partial charge in [-0.05, 0) is 32.4 Å². The molecule has 1 fully saturated rings. The predicted molar refractivity (Wildman–Crippen MR) is 80.9 cm³/mol. The third-order valence-corrected chi connectivity index (χ3v) is 4.32. The fourth-order valence-corrected chi connectivity index (χ4v) is 3.07. The summed E-state index contributed by atoms with van der Waals surface area (Å²) in [4.78, 5) is 2.68. The maximum Gasteiger partial charge on any atom is 0.0218 e. The Labute approximate surface area is 114 Å². The number of hydrogen-bond acceptors (Lipinski definition) is 2. The Morgan fingerprint density at radius 3 is 2.11 bits per heavy atom. The van der Waals surface area contributed by atoms with Crippen molar-refractivity contribution in [3.05, 3.63) is 0 Å². The molecule has 1 rings (SSSR count). The largest absolute Gasteiger partial charge is 0.329 e. The second kappa shape index (κ2) is 10.8. The van der Waals surface area contributed by atoms with Crippen molar-refractivity contribution in [3.63, 3.8) is 0 Å². The summed E-state index contributed by atoms with van der Waals surface area (Å²) < 4.78 is 0. The Morgan fingerprint density at radius 1 is 0.889 bits per heavy atom. The van der Waals surface area contributed by atoms with Crippen LogP contribution in [-0.4, -0.2) is 30.6 Å². The molecule has 0 bridgehead atoms. The molecule has 1 aliphatic heterocycles. The highest BCUT2D eigenvalue weighted by Gasteiger charge is 2.17. The quantitative estimate of drug-likeness (QED) is 0.665. The van der Waals surface area contributed by atoms with E-state index in [0.717, 1.165) is 6.54 Å². The molecule has 2 nitrogen and oxygen atoms in total. The second-order valence-electron chi connectivity index (χ2n) is 5.90. The maximum absolute atomic E-state index is 5.99. The van der Waals surface area contributed by atoms with Gasteiger partial charge in [-0.3, -0.25) is 4.90 Å². The molecule has 1 atom stereocenters. The van der Waals surface area contributed by atoms with E-state index in [1.807, 2.05) is 0 Å². The number of unbranched alkanes of at least 4 members (excludes halogenated alkanes) is 4. The lowest BCUT2D eigenvalue weighted by Crippen LogP contribution is -2.42. The minimum Gasteiger partial charge on any atom is -0.329 e. The SMILES string of the molecule is CCCCCCCC(CN)N1CCCCCCC1. The third-order valence-electron chi connectivity index (χ3n) is 4.32. The van der Waals surface area contributed by atoms with Crippen molar-refractivity contribution in [1.29, 1.82) is 0 Å². The second-order valence-corrected chi connectivity index (χ2v) is 5.90. The van der Waals surface area contributed by atoms with Gasteiger partial charge in [-0.15, -0.1) is 0 Å². The lowest BCUT2D eigenvalue weighted by Gasteiger charge is -2.32. The maximum atomic E-state index is 5.99. The topological polar surface area (TPSA) is 29.3 Å². The Bertz CT molecular complexity index is 174. The molecule has 0 saturated carbocycles. The van der Waals surface area contributed by atoms with Crippen LogP contribution in [0.2, 0.25) is 0 Å². The summed E-state index contributed by atoms with van der Waals surface area (Å²) in [7, 11) is 0. The zero-order chi connectivity index (χ0) is 13.1. The van der Waals surface area contributed by atoms with Gasteiger partial charge in [0.25, 0.3) is 0 Å². The number of nitrogens with two attached hydrogens (primary N) is 1. The van der Waals surface area contributed by atoms with Gasteiger partial charge in [0.1, 0.15) is 0 Å². The summed E-state index contributed by atoms with van der Waals surface area (Å²) in [5.74, 6) is 0. The van der Waals surface area contributed by atoms with E-state index in [4.69, 9.17) is 5.73 Å². The van der Waals surface area contributed by atoms with E-state index >= 15 is 0 Å². The first-order valence-electron chi connectivity index (χ1n) is 8.32. The Kier molecular flexibility index (Phi) is 9.59. The molecule has 0 amide bonds. The fraction of sp³-hybridized carbons (Fsp3) is 1.00. The van der Waals surface area contributed by atoms with Gasteiger partial charge in [0.05, 0.1) is 0 Å². The van der Waals surface area contributed by atoms with Crippen LogP contribution < -0.4 is 5.73 Å². The van der Waals surface area contributed by atoms with Gasteiger partial charge in [0.15, 0.2) is 0 Å². The average Bonchev–Trinajstić information content (AvgIpc) is 2.35. The molecule has 1 heterocycles. The number of hydrogen-bond donors (Lipinski definition) is 1. The van der Waals surface area contributed by atoms with Crippen molar-refractivity contribution >= 4 is 0 Å². The van der Waals surface area contributed by atoms with Crippen molar-refractivity contribution in [1.82, 2.24) is 4.90 Å². The minimum absolute atomic E-state index is 0.657. The summed E-state index contributed by atoms with van der Waals surface area (Å²) in [6, 6.07) is 0.657. The molecule has 1 unspecified atom stereocenters. The molecule has 18 heavy (non-hydrogen) atoms. The first-order valence-corrected chi connectivity index (χ1v) is 8.32. The summed E-state index contributed by atoms with van der Waals surface area (Å²) in [5.41, 5.74) is 5.99. The third kappa shape index (κ3) is 6.75. The van der Waals surface area contributed by atoms with E-state index < -0.39 is 0 Å². The van der Waals surface area contributed by atoms with Crippen LogP contribution in [0.15, 0.2) is 0 Å². The van der Waals surface area contributed by atoms with Crippen LogP contribution in [0.4, 0.5) is 0 Å². The first kappa shape index (κ1) is 16.0. The van der Waals surface area contributed by atoms with Crippen molar-refractivity contribution in [2.24, 2.45) is 5.73 Å². The molecule has 1 saturated heterocycles. The minimum atomic E-state index is 0.657. The van der Waals surface area contributed by atoms with Crippen molar-refractivity contribution in [2.45, 2.75) is 83.6 Å². The van der Waals surface area contributed by atoms with Gasteiger partial charge in [-0.1, -0.05) is 58.3 Å². The van der Waals surface area contributed by atoms with Gasteiger partial charge in [0, 0.05) is 12.6 Å². The standard InChI is InChI=1S/C16H34N2/c1-2-3-4-6-9-12-16(15-17)18-13-10-7-5-8-11-14-18/h16H,2-15,17H2,1H3. The molecule has 0 aromatic heterocycles. The Balaban J connectivity index is 2.20. The van der Waals surface area contributed by atoms with Crippen molar-refractivity contribution < 1.29 is 0 Å². The highest BCUT2D eigenvalue weighted by Crippen LogP contribution is 2.16. The van der Waals surface area contributed by atoms with Crippen LogP contribution in [0.25, 0.3) is 0 Å². The van der Waals surface area contributed by atoms with E-state index in [9.17, 15) is 0 Å². The number of rotatable bonds is 8. The molecule has 108 valence electrons. The smallest absolute Gasteiger partial charge is 0.0218 e. The van der Waals surface area contributed by atoms with E-state index in [1.54, 1.807) is 0 Å². The monoisotopic (exact) mass is 254 g/mol. The fourth-order valence-electron chi connectivity index (χ4n) is 3.07. The zero-order valence-electron chi connectivity index (χ0n) is 12.5. The van der Waals surface area contributed by atoms with Gasteiger partial charge < -0.3 is 5.73 Å². The van der Waals surface area contributed by atoms with Crippen LogP contribution in [0.5, 0.6) is 0 Å². The molecular weight excluding hydrogens is 220 g/mol. The van der Waals surface area contributed by atoms with Gasteiger partial charge in [-0.25, -0.2) is 0 Å². The van der Waals surface area contributed by atoms with Gasteiger partial charge in [0.2, 0.25) is 0 Å². The average molecular weight is 254 g/mol. The van der Waals surface area contributed by atoms with Crippen molar-refractivity contribution in [2.75, 3.05) is 19.6 Å². The first-order chi connectivity index (χ1) is 8.88. The van der Waals surface area contributed by atoms with E-state index in [2.05, 4.69) is 11.8 Å². The van der Waals surface area contributed by atoms with Crippen molar-refractivity contribution in [3.8, 4) is 0 Å². The Hall–Kier alpha value is -0.0800. The molecule has 0 aromatic carbocycles. The van der Waals surface area contributed by atoms with Crippen LogP contribution >= 0.6 is 0 Å². The van der Waals surface area contributed by atoms with Crippen LogP contribution in [0, 0.1) is 0 Å².